The number of amides is 1. The highest BCUT2D eigenvalue weighted by molar-refractivity contribution is 7.89. The Morgan fingerprint density at radius 1 is 1.11 bits per heavy atom. The van der Waals surface area contributed by atoms with Crippen LogP contribution in [0.2, 0.25) is 0 Å². The Morgan fingerprint density at radius 3 is 2.46 bits per heavy atom. The van der Waals surface area contributed by atoms with Crippen molar-refractivity contribution < 1.29 is 17.6 Å². The van der Waals surface area contributed by atoms with Crippen LogP contribution in [-0.2, 0) is 14.8 Å². The summed E-state index contributed by atoms with van der Waals surface area (Å²) in [5, 5.41) is 3.08. The lowest BCUT2D eigenvalue weighted by molar-refractivity contribution is -0.116. The van der Waals surface area contributed by atoms with Crippen molar-refractivity contribution in [1.82, 2.24) is 9.71 Å². The molecule has 0 atom stereocenters. The summed E-state index contributed by atoms with van der Waals surface area (Å²) in [4.78, 5) is 17.5. The maximum atomic E-state index is 13.1. The third-order valence-electron chi connectivity index (χ3n) is 3.86. The summed E-state index contributed by atoms with van der Waals surface area (Å²) < 4.78 is 39.7. The molecule has 0 fully saturated rings. The van der Waals surface area contributed by atoms with Gasteiger partial charge in [-0.05, 0) is 43.3 Å². The third kappa shape index (κ3) is 5.00. The summed E-state index contributed by atoms with van der Waals surface area (Å²) in [5.74, 6) is -0.682. The molecule has 146 valence electrons. The first kappa shape index (κ1) is 20.1. The molecule has 0 bridgehead atoms. The van der Waals surface area contributed by atoms with Gasteiger partial charge in [-0.25, -0.2) is 22.5 Å². The lowest BCUT2D eigenvalue weighted by Crippen LogP contribution is -2.27. The minimum Gasteiger partial charge on any atom is -0.302 e. The van der Waals surface area contributed by atoms with Gasteiger partial charge in [0.15, 0.2) is 5.13 Å². The van der Waals surface area contributed by atoms with Gasteiger partial charge < -0.3 is 5.32 Å². The van der Waals surface area contributed by atoms with Crippen LogP contribution in [0.5, 0.6) is 0 Å². The Labute approximate surface area is 166 Å². The summed E-state index contributed by atoms with van der Waals surface area (Å²) in [5.41, 5.74) is 1.43. The van der Waals surface area contributed by atoms with Crippen molar-refractivity contribution in [3.05, 3.63) is 65.3 Å². The number of carbonyl (C=O) groups is 1. The number of anilines is 1. The number of halogens is 1. The molecule has 2 aromatic carbocycles. The average Bonchev–Trinajstić information content (AvgIpc) is 3.03. The fourth-order valence-electron chi connectivity index (χ4n) is 2.49. The molecule has 0 saturated carbocycles. The van der Waals surface area contributed by atoms with Gasteiger partial charge in [0.1, 0.15) is 5.82 Å². The molecular weight excluding hydrogens is 401 g/mol. The number of thiazole rings is 1. The molecule has 3 rings (SSSR count). The van der Waals surface area contributed by atoms with Crippen molar-refractivity contribution in [3.63, 3.8) is 0 Å². The Balaban J connectivity index is 1.57. The van der Waals surface area contributed by atoms with Gasteiger partial charge in [-0.1, -0.05) is 18.2 Å². The number of aryl methyl sites for hydroxylation is 1. The van der Waals surface area contributed by atoms with Crippen LogP contribution in [0.3, 0.4) is 0 Å². The van der Waals surface area contributed by atoms with Crippen LogP contribution in [0.15, 0.2) is 59.5 Å². The summed E-state index contributed by atoms with van der Waals surface area (Å²) >= 11 is 1.30. The van der Waals surface area contributed by atoms with Crippen molar-refractivity contribution in [2.24, 2.45) is 0 Å². The van der Waals surface area contributed by atoms with E-state index in [1.54, 1.807) is 30.3 Å². The number of aromatic nitrogens is 1. The third-order valence-corrected chi connectivity index (χ3v) is 6.22. The fraction of sp³-hybridized carbons (Fsp3) is 0.158. The SMILES string of the molecule is Cc1sc(NC(=O)CCNS(=O)(=O)c2ccccc2)nc1-c1ccc(F)cc1. The highest BCUT2D eigenvalue weighted by atomic mass is 32.2. The van der Waals surface area contributed by atoms with Crippen LogP contribution in [0.4, 0.5) is 9.52 Å². The second-order valence-electron chi connectivity index (χ2n) is 5.94. The van der Waals surface area contributed by atoms with E-state index < -0.39 is 10.0 Å². The van der Waals surface area contributed by atoms with Crippen molar-refractivity contribution >= 4 is 32.4 Å². The molecule has 9 heteroatoms. The van der Waals surface area contributed by atoms with E-state index >= 15 is 0 Å². The summed E-state index contributed by atoms with van der Waals surface area (Å²) in [6, 6.07) is 13.9. The van der Waals surface area contributed by atoms with Gasteiger partial charge in [-0.3, -0.25) is 4.79 Å². The highest BCUT2D eigenvalue weighted by Gasteiger charge is 2.15. The molecule has 0 radical (unpaired) electrons. The number of rotatable bonds is 7. The molecule has 0 aliphatic heterocycles. The van der Waals surface area contributed by atoms with E-state index in [2.05, 4.69) is 15.0 Å². The van der Waals surface area contributed by atoms with Gasteiger partial charge in [0.25, 0.3) is 0 Å². The monoisotopic (exact) mass is 419 g/mol. The lowest BCUT2D eigenvalue weighted by Gasteiger charge is -2.06. The standard InChI is InChI=1S/C19H18FN3O3S2/c1-13-18(14-7-9-15(20)10-8-14)23-19(27-13)22-17(24)11-12-21-28(25,26)16-5-3-2-4-6-16/h2-10,21H,11-12H2,1H3,(H,22,23,24). The van der Waals surface area contributed by atoms with E-state index in [1.807, 2.05) is 6.92 Å². The lowest BCUT2D eigenvalue weighted by atomic mass is 10.1. The molecule has 0 unspecified atom stereocenters. The maximum Gasteiger partial charge on any atom is 0.240 e. The number of hydrogen-bond donors (Lipinski definition) is 2. The first-order chi connectivity index (χ1) is 13.3. The molecule has 1 aromatic heterocycles. The second-order valence-corrected chi connectivity index (χ2v) is 8.91. The largest absolute Gasteiger partial charge is 0.302 e. The summed E-state index contributed by atoms with van der Waals surface area (Å²) in [6.07, 6.45) is -0.0312. The van der Waals surface area contributed by atoms with E-state index in [0.717, 1.165) is 10.4 Å². The van der Waals surface area contributed by atoms with Crippen molar-refractivity contribution in [2.45, 2.75) is 18.2 Å². The van der Waals surface area contributed by atoms with Gasteiger partial charge >= 0.3 is 0 Å². The Morgan fingerprint density at radius 2 is 1.79 bits per heavy atom. The zero-order valence-corrected chi connectivity index (χ0v) is 16.6. The fourth-order valence-corrected chi connectivity index (χ4v) is 4.39. The number of hydrogen-bond acceptors (Lipinski definition) is 5. The summed E-state index contributed by atoms with van der Waals surface area (Å²) in [7, 11) is -3.64. The normalized spacial score (nSPS) is 11.4. The van der Waals surface area contributed by atoms with Crippen LogP contribution < -0.4 is 10.0 Å². The van der Waals surface area contributed by atoms with Gasteiger partial charge in [0.2, 0.25) is 15.9 Å². The Hall–Kier alpha value is -2.62. The van der Waals surface area contributed by atoms with Gasteiger partial charge in [-0.15, -0.1) is 11.3 Å². The molecule has 2 N–H and O–H groups in total. The van der Waals surface area contributed by atoms with Crippen molar-refractivity contribution in [1.29, 1.82) is 0 Å². The Bertz CT molecular complexity index is 1070. The number of benzene rings is 2. The molecule has 3 aromatic rings. The highest BCUT2D eigenvalue weighted by Crippen LogP contribution is 2.30. The predicted octanol–water partition coefficient (Wildman–Crippen LogP) is 3.56. The van der Waals surface area contributed by atoms with Gasteiger partial charge in [0, 0.05) is 23.4 Å². The van der Waals surface area contributed by atoms with Crippen LogP contribution in [0.1, 0.15) is 11.3 Å². The minimum absolute atomic E-state index is 0.0295. The number of carbonyl (C=O) groups excluding carboxylic acids is 1. The van der Waals surface area contributed by atoms with Gasteiger partial charge in [0.05, 0.1) is 10.6 Å². The smallest absolute Gasteiger partial charge is 0.240 e. The average molecular weight is 420 g/mol. The zero-order chi connectivity index (χ0) is 20.1. The number of nitrogens with zero attached hydrogens (tertiary/aromatic N) is 1. The van der Waals surface area contributed by atoms with Crippen LogP contribution in [-0.4, -0.2) is 25.9 Å². The van der Waals surface area contributed by atoms with Gasteiger partial charge in [-0.2, -0.15) is 0 Å². The Kier molecular flexibility index (Phi) is 6.18. The van der Waals surface area contributed by atoms with E-state index in [-0.39, 0.29) is 29.6 Å². The van der Waals surface area contributed by atoms with E-state index in [0.29, 0.717) is 10.8 Å². The molecular formula is C19H18FN3O3S2. The first-order valence-corrected chi connectivity index (χ1v) is 10.7. The minimum atomic E-state index is -3.64. The molecule has 0 aliphatic rings. The first-order valence-electron chi connectivity index (χ1n) is 8.43. The molecule has 6 nitrogen and oxygen atoms in total. The predicted molar refractivity (Wildman–Crippen MR) is 107 cm³/mol. The number of sulfonamides is 1. The molecule has 0 aliphatic carbocycles. The topological polar surface area (TPSA) is 88.2 Å². The molecule has 28 heavy (non-hydrogen) atoms. The molecule has 1 heterocycles. The quantitative estimate of drug-likeness (QED) is 0.613. The van der Waals surface area contributed by atoms with Crippen LogP contribution in [0, 0.1) is 12.7 Å². The molecule has 1 amide bonds. The maximum absolute atomic E-state index is 13.1. The van der Waals surface area contributed by atoms with E-state index in [1.165, 1.54) is 35.6 Å². The second kappa shape index (κ2) is 8.59. The van der Waals surface area contributed by atoms with E-state index in [9.17, 15) is 17.6 Å². The molecule has 0 spiro atoms. The number of nitrogens with one attached hydrogen (secondary N) is 2. The van der Waals surface area contributed by atoms with Crippen LogP contribution >= 0.6 is 11.3 Å². The van der Waals surface area contributed by atoms with Crippen molar-refractivity contribution in [2.75, 3.05) is 11.9 Å². The van der Waals surface area contributed by atoms with Crippen molar-refractivity contribution in [3.8, 4) is 11.3 Å². The van der Waals surface area contributed by atoms with E-state index in [4.69, 9.17) is 0 Å². The molecule has 0 saturated heterocycles. The summed E-state index contributed by atoms with van der Waals surface area (Å²) in [6.45, 7) is 1.83. The van der Waals surface area contributed by atoms with Crippen LogP contribution in [0.25, 0.3) is 11.3 Å². The zero-order valence-electron chi connectivity index (χ0n) is 15.0.